The van der Waals surface area contributed by atoms with Crippen LogP contribution in [0.5, 0.6) is 0 Å². The molecule has 5 heteroatoms. The van der Waals surface area contributed by atoms with Crippen LogP contribution in [0.25, 0.3) is 0 Å². The summed E-state index contributed by atoms with van der Waals surface area (Å²) in [4.78, 5) is 24.8. The molecular weight excluding hydrogens is 318 g/mol. The van der Waals surface area contributed by atoms with Crippen molar-refractivity contribution in [2.75, 3.05) is 6.61 Å². The second-order valence-corrected chi connectivity index (χ2v) is 6.33. The van der Waals surface area contributed by atoms with Crippen molar-refractivity contribution in [2.24, 2.45) is 0 Å². The Morgan fingerprint density at radius 3 is 2.20 bits per heavy atom. The van der Waals surface area contributed by atoms with Crippen LogP contribution >= 0.6 is 0 Å². The Hall–Kier alpha value is -2.66. The maximum atomic E-state index is 12.6. The van der Waals surface area contributed by atoms with Crippen LogP contribution in [-0.2, 0) is 27.3 Å². The van der Waals surface area contributed by atoms with Crippen LogP contribution in [0.3, 0.4) is 0 Å². The highest BCUT2D eigenvalue weighted by atomic mass is 16.6. The molecule has 1 aliphatic heterocycles. The quantitative estimate of drug-likeness (QED) is 0.788. The number of hydrogen-bond donors (Lipinski definition) is 1. The van der Waals surface area contributed by atoms with Crippen LogP contribution in [0.15, 0.2) is 60.7 Å². The average Bonchev–Trinajstić information content (AvgIpc) is 3.39. The highest BCUT2D eigenvalue weighted by Crippen LogP contribution is 2.29. The van der Waals surface area contributed by atoms with Crippen molar-refractivity contribution in [3.63, 3.8) is 0 Å². The van der Waals surface area contributed by atoms with Crippen LogP contribution in [-0.4, -0.2) is 30.1 Å². The van der Waals surface area contributed by atoms with E-state index in [9.17, 15) is 9.59 Å². The second-order valence-electron chi connectivity index (χ2n) is 6.33. The Bertz CT molecular complexity index is 726. The van der Waals surface area contributed by atoms with Gasteiger partial charge in [0.15, 0.2) is 5.78 Å². The third kappa shape index (κ3) is 4.67. The zero-order chi connectivity index (χ0) is 17.7. The molecule has 25 heavy (non-hydrogen) atoms. The molecule has 1 fully saturated rings. The van der Waals surface area contributed by atoms with E-state index in [0.717, 1.165) is 11.1 Å². The number of amides is 1. The number of epoxide rings is 1. The molecule has 0 aromatic heterocycles. The molecule has 2 aromatic rings. The normalized spacial score (nSPS) is 19.7. The van der Waals surface area contributed by atoms with E-state index >= 15 is 0 Å². The van der Waals surface area contributed by atoms with Crippen LogP contribution < -0.4 is 5.32 Å². The monoisotopic (exact) mass is 339 g/mol. The highest BCUT2D eigenvalue weighted by molar-refractivity contribution is 5.95. The van der Waals surface area contributed by atoms with Gasteiger partial charge >= 0.3 is 6.09 Å². The van der Waals surface area contributed by atoms with Gasteiger partial charge in [0, 0.05) is 0 Å². The molecule has 130 valence electrons. The lowest BCUT2D eigenvalue weighted by Crippen LogP contribution is -2.47. The lowest BCUT2D eigenvalue weighted by Gasteiger charge is -2.19. The van der Waals surface area contributed by atoms with Crippen LogP contribution in [0, 0.1) is 0 Å². The van der Waals surface area contributed by atoms with Gasteiger partial charge in [0.05, 0.1) is 12.6 Å². The van der Waals surface area contributed by atoms with E-state index in [2.05, 4.69) is 5.32 Å². The Morgan fingerprint density at radius 2 is 1.64 bits per heavy atom. The predicted octanol–water partition coefficient (Wildman–Crippen LogP) is 2.88. The summed E-state index contributed by atoms with van der Waals surface area (Å²) in [7, 11) is 0. The van der Waals surface area contributed by atoms with E-state index in [4.69, 9.17) is 9.47 Å². The summed E-state index contributed by atoms with van der Waals surface area (Å²) in [6.07, 6.45) is -0.207. The summed E-state index contributed by atoms with van der Waals surface area (Å²) in [5.41, 5.74) is 1.06. The lowest BCUT2D eigenvalue weighted by atomic mass is 9.95. The molecule has 2 aromatic carbocycles. The molecule has 3 rings (SSSR count). The average molecular weight is 339 g/mol. The van der Waals surface area contributed by atoms with Crippen molar-refractivity contribution in [1.82, 2.24) is 5.32 Å². The number of alkyl carbamates (subject to hydrolysis) is 1. The van der Waals surface area contributed by atoms with Gasteiger partial charge in [-0.25, -0.2) is 4.79 Å². The molecule has 5 nitrogen and oxygen atoms in total. The maximum absolute atomic E-state index is 12.6. The third-order valence-electron chi connectivity index (χ3n) is 4.20. The molecule has 1 amide bonds. The molecule has 1 aliphatic rings. The van der Waals surface area contributed by atoms with Gasteiger partial charge in [-0.15, -0.1) is 0 Å². The lowest BCUT2D eigenvalue weighted by molar-refractivity contribution is -0.125. The molecule has 0 radical (unpaired) electrons. The second kappa shape index (κ2) is 7.49. The third-order valence-corrected chi connectivity index (χ3v) is 4.20. The fraction of sp³-hybridized carbons (Fsp3) is 0.300. The molecule has 2 atom stereocenters. The number of rotatable bonds is 7. The van der Waals surface area contributed by atoms with E-state index in [1.165, 1.54) is 0 Å². The molecule has 2 unspecified atom stereocenters. The number of carbonyl (C=O) groups excluding carboxylic acids is 2. The molecular formula is C20H21NO4. The number of ether oxygens (including phenoxy) is 2. The summed E-state index contributed by atoms with van der Waals surface area (Å²) in [6, 6.07) is 18.3. The first-order valence-corrected chi connectivity index (χ1v) is 8.26. The SMILES string of the molecule is CC1(C(=O)C(Cc2ccccc2)NC(=O)OCc2ccccc2)CO1. The largest absolute Gasteiger partial charge is 0.445 e. The first kappa shape index (κ1) is 17.2. The molecule has 1 heterocycles. The van der Waals surface area contributed by atoms with Gasteiger partial charge in [-0.05, 0) is 24.5 Å². The maximum Gasteiger partial charge on any atom is 0.408 e. The summed E-state index contributed by atoms with van der Waals surface area (Å²) in [5.74, 6) is -0.131. The minimum absolute atomic E-state index is 0.131. The van der Waals surface area contributed by atoms with E-state index < -0.39 is 17.7 Å². The van der Waals surface area contributed by atoms with Gasteiger partial charge in [0.2, 0.25) is 0 Å². The van der Waals surface area contributed by atoms with Crippen molar-refractivity contribution in [3.05, 3.63) is 71.8 Å². The van der Waals surface area contributed by atoms with Crippen molar-refractivity contribution in [2.45, 2.75) is 31.6 Å². The highest BCUT2D eigenvalue weighted by Gasteiger charge is 2.50. The number of Topliss-reactive ketones (excluding diaryl/α,β-unsaturated/α-hetero) is 1. The van der Waals surface area contributed by atoms with Crippen molar-refractivity contribution < 1.29 is 19.1 Å². The predicted molar refractivity (Wildman–Crippen MR) is 93.1 cm³/mol. The van der Waals surface area contributed by atoms with Gasteiger partial charge in [0.1, 0.15) is 12.2 Å². The summed E-state index contributed by atoms with van der Waals surface area (Å²) >= 11 is 0. The Kier molecular flexibility index (Phi) is 5.14. The zero-order valence-corrected chi connectivity index (χ0v) is 14.1. The van der Waals surface area contributed by atoms with E-state index in [1.807, 2.05) is 60.7 Å². The van der Waals surface area contributed by atoms with Crippen LogP contribution in [0.4, 0.5) is 4.79 Å². The van der Waals surface area contributed by atoms with Crippen molar-refractivity contribution in [3.8, 4) is 0 Å². The molecule has 1 N–H and O–H groups in total. The van der Waals surface area contributed by atoms with Crippen molar-refractivity contribution in [1.29, 1.82) is 0 Å². The first-order valence-electron chi connectivity index (χ1n) is 8.26. The number of carbonyl (C=O) groups is 2. The van der Waals surface area contributed by atoms with E-state index in [-0.39, 0.29) is 12.4 Å². The topological polar surface area (TPSA) is 67.9 Å². The molecule has 0 saturated carbocycles. The molecule has 0 aliphatic carbocycles. The Morgan fingerprint density at radius 1 is 1.08 bits per heavy atom. The van der Waals surface area contributed by atoms with Gasteiger partial charge in [-0.3, -0.25) is 4.79 Å². The summed E-state index contributed by atoms with van der Waals surface area (Å²) in [6.45, 7) is 2.29. The molecule has 1 saturated heterocycles. The zero-order valence-electron chi connectivity index (χ0n) is 14.1. The fourth-order valence-electron chi connectivity index (χ4n) is 2.59. The van der Waals surface area contributed by atoms with Crippen molar-refractivity contribution >= 4 is 11.9 Å². The Balaban J connectivity index is 1.62. The van der Waals surface area contributed by atoms with Gasteiger partial charge < -0.3 is 14.8 Å². The van der Waals surface area contributed by atoms with Crippen LogP contribution in [0.1, 0.15) is 18.1 Å². The van der Waals surface area contributed by atoms with Gasteiger partial charge in [-0.1, -0.05) is 60.7 Å². The first-order chi connectivity index (χ1) is 12.1. The standard InChI is InChI=1S/C20H21NO4/c1-20(14-25-20)18(22)17(12-15-8-4-2-5-9-15)21-19(23)24-13-16-10-6-3-7-11-16/h2-11,17H,12-14H2,1H3,(H,21,23). The van der Waals surface area contributed by atoms with Crippen LogP contribution in [0.2, 0.25) is 0 Å². The fourth-order valence-corrected chi connectivity index (χ4v) is 2.59. The minimum atomic E-state index is -0.799. The number of nitrogens with one attached hydrogen (secondary N) is 1. The van der Waals surface area contributed by atoms with Gasteiger partial charge in [0.25, 0.3) is 0 Å². The van der Waals surface area contributed by atoms with E-state index in [0.29, 0.717) is 13.0 Å². The Labute approximate surface area is 147 Å². The molecule has 0 spiro atoms. The van der Waals surface area contributed by atoms with E-state index in [1.54, 1.807) is 6.92 Å². The van der Waals surface area contributed by atoms with Gasteiger partial charge in [-0.2, -0.15) is 0 Å². The molecule has 0 bridgehead atoms. The minimum Gasteiger partial charge on any atom is -0.445 e. The summed E-state index contributed by atoms with van der Waals surface area (Å²) < 4.78 is 10.5. The number of hydrogen-bond acceptors (Lipinski definition) is 4. The number of benzene rings is 2. The smallest absolute Gasteiger partial charge is 0.408 e. The number of ketones is 1. The summed E-state index contributed by atoms with van der Waals surface area (Å²) in [5, 5.41) is 2.69.